The molecule has 36 heavy (non-hydrogen) atoms. The molecule has 0 atom stereocenters. The van der Waals surface area contributed by atoms with E-state index in [1.54, 1.807) is 48.5 Å². The van der Waals surface area contributed by atoms with E-state index in [1.807, 2.05) is 19.9 Å². The van der Waals surface area contributed by atoms with Gasteiger partial charge in [0, 0.05) is 11.3 Å². The van der Waals surface area contributed by atoms with Crippen LogP contribution in [0.25, 0.3) is 0 Å². The Morgan fingerprint density at radius 3 is 2.42 bits per heavy atom. The third-order valence-electron chi connectivity index (χ3n) is 5.48. The van der Waals surface area contributed by atoms with Crippen molar-refractivity contribution < 1.29 is 23.7 Å². The van der Waals surface area contributed by atoms with Crippen LogP contribution in [0.1, 0.15) is 37.8 Å². The fourth-order valence-corrected chi connectivity index (χ4v) is 3.77. The predicted octanol–water partition coefficient (Wildman–Crippen LogP) is 2.97. The topological polar surface area (TPSA) is 127 Å². The van der Waals surface area contributed by atoms with Crippen molar-refractivity contribution in [1.82, 2.24) is 4.90 Å². The third kappa shape index (κ3) is 5.05. The number of aliphatic imine (C=N–C) groups is 2. The molecule has 0 bridgehead atoms. The molecule has 4 rings (SSSR count). The molecule has 182 valence electrons. The number of amides is 4. The summed E-state index contributed by atoms with van der Waals surface area (Å²) in [5, 5.41) is 11.5. The summed E-state index contributed by atoms with van der Waals surface area (Å²) in [6.45, 7) is 4.42. The highest BCUT2D eigenvalue weighted by Gasteiger charge is 2.47. The largest absolute Gasteiger partial charge is 0.484 e. The number of carbonyl (C=O) groups excluding carboxylic acids is 3. The first-order chi connectivity index (χ1) is 17.4. The van der Waals surface area contributed by atoms with Crippen molar-refractivity contribution in [3.05, 3.63) is 59.7 Å². The summed E-state index contributed by atoms with van der Waals surface area (Å²) in [5.41, 5.74) is 1.90. The number of imide groups is 1. The van der Waals surface area contributed by atoms with Gasteiger partial charge in [0.05, 0.1) is 24.7 Å². The maximum absolute atomic E-state index is 12.9. The van der Waals surface area contributed by atoms with Gasteiger partial charge in [-0.15, -0.1) is 0 Å². The summed E-state index contributed by atoms with van der Waals surface area (Å²) < 4.78 is 7.07. The molecule has 10 heteroatoms. The van der Waals surface area contributed by atoms with Gasteiger partial charge in [-0.3, -0.25) is 4.79 Å². The van der Waals surface area contributed by atoms with Crippen LogP contribution in [-0.2, 0) is 9.59 Å². The van der Waals surface area contributed by atoms with E-state index < -0.39 is 5.91 Å². The van der Waals surface area contributed by atoms with Gasteiger partial charge in [0.15, 0.2) is 6.61 Å². The number of fused-ring (bicyclic) bond motifs is 1. The number of benzene rings is 2. The average Bonchev–Trinajstić information content (AvgIpc) is 3.34. The van der Waals surface area contributed by atoms with Crippen LogP contribution >= 0.6 is 0 Å². The van der Waals surface area contributed by atoms with Gasteiger partial charge in [-0.05, 0) is 61.4 Å². The lowest BCUT2D eigenvalue weighted by Gasteiger charge is -2.21. The molecule has 2 aromatic carbocycles. The van der Waals surface area contributed by atoms with Crippen molar-refractivity contribution in [2.45, 2.75) is 26.7 Å². The Balaban J connectivity index is 1.44. The van der Waals surface area contributed by atoms with E-state index in [0.29, 0.717) is 54.3 Å². The second kappa shape index (κ2) is 10.7. The SMILES string of the molecule is CCCN1C(=O)C2=NC(c3ccc(OCC(=O)Nc4ccc(C#N)cc4)cc3)=NC2=[N+](CCC)C1=O. The molecule has 2 aromatic rings. The number of anilines is 1. The number of nitrogens with zero attached hydrogens (tertiary/aromatic N) is 5. The fraction of sp³-hybridized carbons (Fsp3) is 0.269. The van der Waals surface area contributed by atoms with Crippen LogP contribution in [0.3, 0.4) is 0 Å². The minimum absolute atomic E-state index is 0.173. The lowest BCUT2D eigenvalue weighted by Crippen LogP contribution is -2.54. The molecule has 2 heterocycles. The Morgan fingerprint density at radius 1 is 1.06 bits per heavy atom. The minimum Gasteiger partial charge on any atom is -0.484 e. The number of nitriles is 1. The normalized spacial score (nSPS) is 14.8. The second-order valence-electron chi connectivity index (χ2n) is 8.16. The molecule has 0 radical (unpaired) electrons. The first kappa shape index (κ1) is 24.5. The van der Waals surface area contributed by atoms with Crippen LogP contribution in [0.15, 0.2) is 58.5 Å². The van der Waals surface area contributed by atoms with Crippen LogP contribution in [-0.4, -0.2) is 64.4 Å². The number of urea groups is 1. The number of hydrogen-bond donors (Lipinski definition) is 1. The maximum Gasteiger partial charge on any atom is 0.446 e. The molecule has 0 spiro atoms. The Hall–Kier alpha value is -4.65. The van der Waals surface area contributed by atoms with E-state index in [1.165, 1.54) is 9.48 Å². The van der Waals surface area contributed by atoms with Crippen LogP contribution in [0, 0.1) is 11.3 Å². The molecule has 0 saturated carbocycles. The summed E-state index contributed by atoms with van der Waals surface area (Å²) in [6.07, 6.45) is 1.37. The highest BCUT2D eigenvalue weighted by molar-refractivity contribution is 6.70. The van der Waals surface area contributed by atoms with Crippen molar-refractivity contribution >= 4 is 40.9 Å². The number of carbonyl (C=O) groups is 3. The van der Waals surface area contributed by atoms with Crippen molar-refractivity contribution in [2.24, 2.45) is 9.98 Å². The highest BCUT2D eigenvalue weighted by Crippen LogP contribution is 2.19. The lowest BCUT2D eigenvalue weighted by molar-refractivity contribution is -0.435. The Bertz CT molecular complexity index is 1330. The first-order valence-electron chi connectivity index (χ1n) is 11.7. The third-order valence-corrected chi connectivity index (χ3v) is 5.48. The summed E-state index contributed by atoms with van der Waals surface area (Å²) in [5.74, 6) is 0.320. The minimum atomic E-state index is -0.434. The maximum atomic E-state index is 12.9. The number of hydrogen-bond acceptors (Lipinski definition) is 7. The van der Waals surface area contributed by atoms with Crippen molar-refractivity contribution in [2.75, 3.05) is 25.0 Å². The fourth-order valence-electron chi connectivity index (χ4n) is 3.77. The molecule has 2 aliphatic heterocycles. The van der Waals surface area contributed by atoms with Gasteiger partial charge in [-0.1, -0.05) is 18.8 Å². The Labute approximate surface area is 208 Å². The summed E-state index contributed by atoms with van der Waals surface area (Å²) in [6, 6.07) is 15.0. The quantitative estimate of drug-likeness (QED) is 0.546. The molecule has 0 unspecified atom stereocenters. The van der Waals surface area contributed by atoms with Crippen LogP contribution in [0.5, 0.6) is 5.75 Å². The monoisotopic (exact) mass is 485 g/mol. The molecule has 0 aromatic heterocycles. The highest BCUT2D eigenvalue weighted by atomic mass is 16.5. The van der Waals surface area contributed by atoms with E-state index in [0.717, 1.165) is 0 Å². The Kier molecular flexibility index (Phi) is 7.30. The van der Waals surface area contributed by atoms with E-state index in [4.69, 9.17) is 10.00 Å². The molecule has 2 aliphatic rings. The zero-order chi connectivity index (χ0) is 25.7. The zero-order valence-electron chi connectivity index (χ0n) is 20.0. The van der Waals surface area contributed by atoms with Crippen molar-refractivity contribution in [3.63, 3.8) is 0 Å². The molecule has 0 fully saturated rings. The summed E-state index contributed by atoms with van der Waals surface area (Å²) in [7, 11) is 0. The standard InChI is InChI=1S/C26H24N6O4/c1-3-13-31-24-22(25(34)32(14-4-2)26(31)35)29-23(30-24)18-7-11-20(12-8-18)36-16-21(33)28-19-9-5-17(15-27)6-10-19/h5-12H,3-4,13-14,16H2,1-2H3/p+1. The zero-order valence-corrected chi connectivity index (χ0v) is 20.0. The molecule has 0 saturated heterocycles. The van der Waals surface area contributed by atoms with Gasteiger partial charge in [-0.25, -0.2) is 9.59 Å². The molecule has 1 N–H and O–H groups in total. The first-order valence-corrected chi connectivity index (χ1v) is 11.7. The number of amidine groups is 2. The number of nitrogens with one attached hydrogen (secondary N) is 1. The Morgan fingerprint density at radius 2 is 1.78 bits per heavy atom. The molecule has 4 amide bonds. The van der Waals surface area contributed by atoms with Crippen LogP contribution in [0.2, 0.25) is 0 Å². The predicted molar refractivity (Wildman–Crippen MR) is 134 cm³/mol. The lowest BCUT2D eigenvalue weighted by atomic mass is 10.2. The average molecular weight is 486 g/mol. The van der Waals surface area contributed by atoms with Gasteiger partial charge in [-0.2, -0.15) is 19.7 Å². The van der Waals surface area contributed by atoms with Crippen LogP contribution in [0.4, 0.5) is 10.5 Å². The van der Waals surface area contributed by atoms with Crippen LogP contribution < -0.4 is 10.1 Å². The van der Waals surface area contributed by atoms with Gasteiger partial charge in [0.25, 0.3) is 5.91 Å². The second-order valence-corrected chi connectivity index (χ2v) is 8.16. The summed E-state index contributed by atoms with van der Waals surface area (Å²) in [4.78, 5) is 48.1. The van der Waals surface area contributed by atoms with Crippen molar-refractivity contribution in [1.29, 1.82) is 5.26 Å². The number of rotatable bonds is 9. The van der Waals surface area contributed by atoms with Gasteiger partial charge in [0.1, 0.15) is 5.75 Å². The van der Waals surface area contributed by atoms with Crippen molar-refractivity contribution in [3.8, 4) is 11.8 Å². The van der Waals surface area contributed by atoms with Gasteiger partial charge < -0.3 is 10.1 Å². The molecule has 0 aliphatic carbocycles. The number of ether oxygens (including phenoxy) is 1. The van der Waals surface area contributed by atoms with E-state index in [2.05, 4.69) is 15.3 Å². The smallest absolute Gasteiger partial charge is 0.446 e. The van der Waals surface area contributed by atoms with Gasteiger partial charge in [0.2, 0.25) is 11.5 Å². The molecular weight excluding hydrogens is 460 g/mol. The van der Waals surface area contributed by atoms with E-state index in [-0.39, 0.29) is 30.1 Å². The van der Waals surface area contributed by atoms with E-state index >= 15 is 0 Å². The summed E-state index contributed by atoms with van der Waals surface area (Å²) >= 11 is 0. The molecular formula is C26H25N6O4+. The van der Waals surface area contributed by atoms with Gasteiger partial charge >= 0.3 is 17.8 Å². The van der Waals surface area contributed by atoms with E-state index in [9.17, 15) is 14.4 Å². The molecule has 10 nitrogen and oxygen atoms in total.